The molecule has 0 unspecified atom stereocenters. The molecule has 0 aliphatic carbocycles. The number of fused-ring (bicyclic) bond motifs is 3. The number of thioether (sulfide) groups is 1. The van der Waals surface area contributed by atoms with E-state index in [9.17, 15) is 4.79 Å². The number of aromatic nitrogens is 2. The van der Waals surface area contributed by atoms with E-state index in [1.165, 1.54) is 23.1 Å². The van der Waals surface area contributed by atoms with Gasteiger partial charge in [0.25, 0.3) is 5.56 Å². The Hall–Kier alpha value is -1.54. The third kappa shape index (κ3) is 4.57. The molecule has 3 heterocycles. The van der Waals surface area contributed by atoms with Crippen molar-refractivity contribution in [1.82, 2.24) is 9.55 Å². The van der Waals surface area contributed by atoms with Gasteiger partial charge in [-0.25, -0.2) is 4.98 Å². The highest BCUT2D eigenvalue weighted by Gasteiger charge is 2.31. The number of hydrogen-bond acceptors (Lipinski definition) is 5. The fourth-order valence-corrected chi connectivity index (χ4v) is 6.79. The first-order chi connectivity index (χ1) is 15.7. The molecule has 170 valence electrons. The fourth-order valence-electron chi connectivity index (χ4n) is 3.89. The van der Waals surface area contributed by atoms with Crippen molar-refractivity contribution in [3.8, 4) is 5.69 Å². The van der Waals surface area contributed by atoms with Crippen LogP contribution in [0.1, 0.15) is 29.9 Å². The van der Waals surface area contributed by atoms with Gasteiger partial charge >= 0.3 is 0 Å². The zero-order valence-corrected chi connectivity index (χ0v) is 21.7. The first kappa shape index (κ1) is 23.2. The van der Waals surface area contributed by atoms with Gasteiger partial charge in [-0.15, -0.1) is 11.3 Å². The molecule has 0 spiro atoms. The Kier molecular flexibility index (Phi) is 6.27. The smallest absolute Gasteiger partial charge is 0.267 e. The molecule has 1 aliphatic rings. The standard InChI is InChI=1S/C24H19Cl3N2O2S2/c1-24(2)10-17-19(11-31-24)33-21-20(17)22(30)29(16-5-3-4-14(25)8-16)23(28-21)32-12-13-6-7-15(26)9-18(13)27/h3-9H,10-12H2,1-2H3. The molecule has 0 fully saturated rings. The second-order valence-electron chi connectivity index (χ2n) is 8.45. The van der Waals surface area contributed by atoms with Gasteiger partial charge in [-0.05, 0) is 55.3 Å². The number of halogens is 3. The van der Waals surface area contributed by atoms with E-state index < -0.39 is 0 Å². The summed E-state index contributed by atoms with van der Waals surface area (Å²) in [6.07, 6.45) is 0.668. The Bertz CT molecular complexity index is 1450. The van der Waals surface area contributed by atoms with Crippen molar-refractivity contribution in [2.45, 2.75) is 43.4 Å². The summed E-state index contributed by atoms with van der Waals surface area (Å²) in [5.41, 5.74) is 2.21. The maximum atomic E-state index is 13.9. The monoisotopic (exact) mass is 536 g/mol. The van der Waals surface area contributed by atoms with Crippen molar-refractivity contribution in [1.29, 1.82) is 0 Å². The SMILES string of the molecule is CC1(C)Cc2c(sc3nc(SCc4ccc(Cl)cc4Cl)n(-c4cccc(Cl)c4)c(=O)c23)CO1. The van der Waals surface area contributed by atoms with Crippen LogP contribution in [-0.4, -0.2) is 15.2 Å². The number of nitrogens with zero attached hydrogens (tertiary/aromatic N) is 2. The zero-order chi connectivity index (χ0) is 23.3. The van der Waals surface area contributed by atoms with E-state index in [1.54, 1.807) is 28.8 Å². The van der Waals surface area contributed by atoms with Gasteiger partial charge in [-0.1, -0.05) is 58.7 Å². The summed E-state index contributed by atoms with van der Waals surface area (Å²) in [4.78, 5) is 20.6. The van der Waals surface area contributed by atoms with Crippen molar-refractivity contribution >= 4 is 68.1 Å². The summed E-state index contributed by atoms with van der Waals surface area (Å²) in [5, 5.41) is 2.97. The summed E-state index contributed by atoms with van der Waals surface area (Å²) in [6, 6.07) is 12.7. The van der Waals surface area contributed by atoms with E-state index in [0.717, 1.165) is 20.8 Å². The molecule has 0 saturated heterocycles. The highest BCUT2D eigenvalue weighted by molar-refractivity contribution is 7.98. The molecule has 0 bridgehead atoms. The Balaban J connectivity index is 1.67. The molecule has 33 heavy (non-hydrogen) atoms. The third-order valence-corrected chi connectivity index (χ3v) is 8.42. The second kappa shape index (κ2) is 8.91. The Labute approximate surface area is 214 Å². The van der Waals surface area contributed by atoms with Crippen molar-refractivity contribution in [2.24, 2.45) is 0 Å². The Morgan fingerprint density at radius 1 is 1.15 bits per heavy atom. The Morgan fingerprint density at radius 3 is 2.70 bits per heavy atom. The van der Waals surface area contributed by atoms with E-state index >= 15 is 0 Å². The van der Waals surface area contributed by atoms with Gasteiger partial charge < -0.3 is 4.74 Å². The molecule has 2 aromatic heterocycles. The number of hydrogen-bond donors (Lipinski definition) is 0. The van der Waals surface area contributed by atoms with Crippen LogP contribution in [0.4, 0.5) is 0 Å². The summed E-state index contributed by atoms with van der Waals surface area (Å²) >= 11 is 21.7. The topological polar surface area (TPSA) is 44.1 Å². The molecule has 0 saturated carbocycles. The summed E-state index contributed by atoms with van der Waals surface area (Å²) in [5.74, 6) is 0.537. The normalized spacial score (nSPS) is 15.1. The van der Waals surface area contributed by atoms with Crippen LogP contribution in [0.5, 0.6) is 0 Å². The van der Waals surface area contributed by atoms with Crippen LogP contribution in [0.25, 0.3) is 15.9 Å². The molecule has 2 aromatic carbocycles. The molecular formula is C24H19Cl3N2O2S2. The third-order valence-electron chi connectivity index (χ3n) is 5.51. The van der Waals surface area contributed by atoms with Gasteiger partial charge in [-0.2, -0.15) is 0 Å². The molecule has 0 N–H and O–H groups in total. The van der Waals surface area contributed by atoms with Gasteiger partial charge in [0.2, 0.25) is 0 Å². The summed E-state index contributed by atoms with van der Waals surface area (Å²) < 4.78 is 7.63. The first-order valence-corrected chi connectivity index (χ1v) is 13.2. The van der Waals surface area contributed by atoms with E-state index in [-0.39, 0.29) is 11.2 Å². The van der Waals surface area contributed by atoms with Crippen LogP contribution in [-0.2, 0) is 23.5 Å². The quantitative estimate of drug-likeness (QED) is 0.199. The Morgan fingerprint density at radius 2 is 1.94 bits per heavy atom. The van der Waals surface area contributed by atoms with E-state index in [1.807, 2.05) is 32.0 Å². The van der Waals surface area contributed by atoms with Crippen molar-refractivity contribution < 1.29 is 4.74 Å². The molecule has 0 atom stereocenters. The predicted octanol–water partition coefficient (Wildman–Crippen LogP) is 7.55. The molecule has 9 heteroatoms. The van der Waals surface area contributed by atoms with E-state index in [0.29, 0.717) is 50.1 Å². The first-order valence-electron chi connectivity index (χ1n) is 10.3. The minimum absolute atomic E-state index is 0.0952. The molecule has 0 radical (unpaired) electrons. The number of thiophene rings is 1. The summed E-state index contributed by atoms with van der Waals surface area (Å²) in [6.45, 7) is 4.58. The van der Waals surface area contributed by atoms with Crippen LogP contribution >= 0.6 is 57.9 Å². The van der Waals surface area contributed by atoms with Crippen LogP contribution in [0.15, 0.2) is 52.4 Å². The number of rotatable bonds is 4. The predicted molar refractivity (Wildman–Crippen MR) is 139 cm³/mol. The minimum atomic E-state index is -0.326. The molecule has 4 nitrogen and oxygen atoms in total. The average Bonchev–Trinajstić information content (AvgIpc) is 3.10. The second-order valence-corrected chi connectivity index (χ2v) is 11.8. The van der Waals surface area contributed by atoms with Crippen molar-refractivity contribution in [2.75, 3.05) is 0 Å². The lowest BCUT2D eigenvalue weighted by Gasteiger charge is -2.29. The van der Waals surface area contributed by atoms with Crippen LogP contribution < -0.4 is 5.56 Å². The molecule has 4 aromatic rings. The molecule has 0 amide bonds. The largest absolute Gasteiger partial charge is 0.370 e. The average molecular weight is 538 g/mol. The zero-order valence-electron chi connectivity index (χ0n) is 17.8. The van der Waals surface area contributed by atoms with E-state index in [2.05, 4.69) is 0 Å². The lowest BCUT2D eigenvalue weighted by Crippen LogP contribution is -2.32. The molecule has 5 rings (SSSR count). The van der Waals surface area contributed by atoms with Crippen molar-refractivity contribution in [3.05, 3.63) is 83.9 Å². The highest BCUT2D eigenvalue weighted by atomic mass is 35.5. The van der Waals surface area contributed by atoms with Gasteiger partial charge in [0.1, 0.15) is 4.83 Å². The maximum Gasteiger partial charge on any atom is 0.267 e. The minimum Gasteiger partial charge on any atom is -0.370 e. The lowest BCUT2D eigenvalue weighted by atomic mass is 9.94. The van der Waals surface area contributed by atoms with Crippen LogP contribution in [0.3, 0.4) is 0 Å². The van der Waals surface area contributed by atoms with Gasteiger partial charge in [-0.3, -0.25) is 9.36 Å². The summed E-state index contributed by atoms with van der Waals surface area (Å²) in [7, 11) is 0. The van der Waals surface area contributed by atoms with Gasteiger partial charge in [0, 0.05) is 32.1 Å². The van der Waals surface area contributed by atoms with Crippen LogP contribution in [0, 0.1) is 0 Å². The number of ether oxygens (including phenoxy) is 1. The molecular weight excluding hydrogens is 519 g/mol. The highest BCUT2D eigenvalue weighted by Crippen LogP contribution is 2.38. The van der Waals surface area contributed by atoms with Crippen LogP contribution in [0.2, 0.25) is 15.1 Å². The van der Waals surface area contributed by atoms with E-state index in [4.69, 9.17) is 44.5 Å². The van der Waals surface area contributed by atoms with Gasteiger partial charge in [0.05, 0.1) is 23.3 Å². The lowest BCUT2D eigenvalue weighted by molar-refractivity contribution is -0.0379. The fraction of sp³-hybridized carbons (Fsp3) is 0.250. The molecule has 1 aliphatic heterocycles. The van der Waals surface area contributed by atoms with Gasteiger partial charge in [0.15, 0.2) is 5.16 Å². The van der Waals surface area contributed by atoms with Crippen molar-refractivity contribution in [3.63, 3.8) is 0 Å². The maximum absolute atomic E-state index is 13.9. The number of benzene rings is 2.